The van der Waals surface area contributed by atoms with E-state index in [2.05, 4.69) is 73.6 Å². The van der Waals surface area contributed by atoms with Gasteiger partial charge in [0.15, 0.2) is 0 Å². The Morgan fingerprint density at radius 3 is 1.36 bits per heavy atom. The molecule has 4 aromatic rings. The third-order valence-corrected chi connectivity index (χ3v) is 12.8. The molecule has 0 saturated carbocycles. The van der Waals surface area contributed by atoms with Crippen LogP contribution in [0.1, 0.15) is 32.1 Å². The van der Waals surface area contributed by atoms with Crippen LogP contribution in [-0.4, -0.2) is 98.9 Å². The van der Waals surface area contributed by atoms with Crippen LogP contribution >= 0.6 is 55.4 Å². The molecule has 12 nitrogen and oxygen atoms in total. The standard InChI is InChI=1S/C43H50Br2N8O4S2/c44-30-10-12-38(36(26-30)50-42(56)14-20-52-22-16-46-17-23-52)58-34-6-1-4-32(28-34)48-40(54)8-3-9-41(55)49-33-5-2-7-35(29-33)59-39-13-11-31(45)27-37(39)51-43(57)15-21-53-24-18-47-19-25-53/h1-2,4-7,10-13,26-29,46-47H,3,8-9,14-25H2,(H,48,54)(H,49,55)(H,50,56)(H,51,57). The number of anilines is 4. The molecule has 0 radical (unpaired) electrons. The van der Waals surface area contributed by atoms with Crippen molar-refractivity contribution in [2.24, 2.45) is 0 Å². The van der Waals surface area contributed by atoms with E-state index in [1.54, 1.807) is 0 Å². The first-order valence-corrected chi connectivity index (χ1v) is 23.1. The molecule has 0 atom stereocenters. The van der Waals surface area contributed by atoms with Gasteiger partial charge in [0.2, 0.25) is 23.6 Å². The summed E-state index contributed by atoms with van der Waals surface area (Å²) in [5.41, 5.74) is 2.76. The summed E-state index contributed by atoms with van der Waals surface area (Å²) in [5.74, 6) is -0.422. The molecule has 312 valence electrons. The lowest BCUT2D eigenvalue weighted by Gasteiger charge is -2.26. The molecule has 0 aliphatic carbocycles. The molecule has 0 aromatic heterocycles. The first-order chi connectivity index (χ1) is 28.6. The summed E-state index contributed by atoms with van der Waals surface area (Å²) in [5, 5.41) is 18.8. The van der Waals surface area contributed by atoms with Crippen LogP contribution in [0.25, 0.3) is 0 Å². The van der Waals surface area contributed by atoms with Crippen LogP contribution < -0.4 is 31.9 Å². The molecule has 2 fully saturated rings. The molecule has 4 aromatic carbocycles. The summed E-state index contributed by atoms with van der Waals surface area (Å²) >= 11 is 10.1. The Morgan fingerprint density at radius 2 is 0.932 bits per heavy atom. The molecular formula is C43H50Br2N8O4S2. The van der Waals surface area contributed by atoms with Gasteiger partial charge in [0.1, 0.15) is 0 Å². The highest BCUT2D eigenvalue weighted by Crippen LogP contribution is 2.38. The lowest BCUT2D eigenvalue weighted by Crippen LogP contribution is -2.44. The fourth-order valence-corrected chi connectivity index (χ4v) is 9.18. The van der Waals surface area contributed by atoms with Crippen molar-refractivity contribution in [1.82, 2.24) is 20.4 Å². The van der Waals surface area contributed by atoms with E-state index >= 15 is 0 Å². The van der Waals surface area contributed by atoms with Crippen LogP contribution in [0.2, 0.25) is 0 Å². The molecule has 2 heterocycles. The van der Waals surface area contributed by atoms with Crippen molar-refractivity contribution in [1.29, 1.82) is 0 Å². The number of halogens is 2. The van der Waals surface area contributed by atoms with E-state index in [1.165, 1.54) is 23.5 Å². The molecule has 0 spiro atoms. The lowest BCUT2D eigenvalue weighted by atomic mass is 10.2. The van der Waals surface area contributed by atoms with Crippen molar-refractivity contribution in [2.75, 3.05) is 86.7 Å². The van der Waals surface area contributed by atoms with Crippen molar-refractivity contribution in [2.45, 2.75) is 51.7 Å². The molecular weight excluding hydrogens is 916 g/mol. The largest absolute Gasteiger partial charge is 0.326 e. The van der Waals surface area contributed by atoms with Gasteiger partial charge in [-0.05, 0) is 79.2 Å². The van der Waals surface area contributed by atoms with Gasteiger partial charge in [0.25, 0.3) is 0 Å². The van der Waals surface area contributed by atoms with E-state index < -0.39 is 0 Å². The Bertz CT molecular complexity index is 1940. The van der Waals surface area contributed by atoms with Gasteiger partial charge in [0, 0.05) is 131 Å². The van der Waals surface area contributed by atoms with E-state index in [4.69, 9.17) is 0 Å². The fourth-order valence-electron chi connectivity index (χ4n) is 6.58. The SMILES string of the molecule is O=C(CCCC(=O)Nc1cccc(Sc2ccc(Br)cc2NC(=O)CCN2CCNCC2)c1)Nc1cccc(Sc2ccc(Br)cc2NC(=O)CCN2CCNCC2)c1. The van der Waals surface area contributed by atoms with E-state index in [1.807, 2.05) is 84.9 Å². The van der Waals surface area contributed by atoms with Crippen molar-refractivity contribution in [3.63, 3.8) is 0 Å². The van der Waals surface area contributed by atoms with Gasteiger partial charge in [-0.3, -0.25) is 19.2 Å². The Morgan fingerprint density at radius 1 is 0.525 bits per heavy atom. The van der Waals surface area contributed by atoms with Gasteiger partial charge in [-0.2, -0.15) is 0 Å². The highest BCUT2D eigenvalue weighted by atomic mass is 79.9. The Kier molecular flexibility index (Phi) is 17.7. The average molecular weight is 967 g/mol. The summed E-state index contributed by atoms with van der Waals surface area (Å²) in [7, 11) is 0. The Labute approximate surface area is 371 Å². The third kappa shape index (κ3) is 15.3. The maximum atomic E-state index is 12.9. The van der Waals surface area contributed by atoms with E-state index in [9.17, 15) is 19.2 Å². The van der Waals surface area contributed by atoms with Gasteiger partial charge >= 0.3 is 0 Å². The quantitative estimate of drug-likeness (QED) is 0.0586. The monoisotopic (exact) mass is 964 g/mol. The van der Waals surface area contributed by atoms with Crippen LogP contribution in [0.5, 0.6) is 0 Å². The second kappa shape index (κ2) is 23.3. The number of hydrogen-bond acceptors (Lipinski definition) is 10. The molecule has 0 bridgehead atoms. The molecule has 2 aliphatic rings. The predicted molar refractivity (Wildman–Crippen MR) is 246 cm³/mol. The Balaban J connectivity index is 0.944. The van der Waals surface area contributed by atoms with Crippen LogP contribution in [0, 0.1) is 0 Å². The van der Waals surface area contributed by atoms with Crippen molar-refractivity contribution >= 4 is 102 Å². The summed E-state index contributed by atoms with van der Waals surface area (Å²) in [6.07, 6.45) is 1.59. The van der Waals surface area contributed by atoms with Crippen LogP contribution in [0.15, 0.2) is 113 Å². The number of benzene rings is 4. The fraction of sp³-hybridized carbons (Fsp3) is 0.349. The average Bonchev–Trinajstić information content (AvgIpc) is 3.22. The van der Waals surface area contributed by atoms with E-state index in [0.29, 0.717) is 30.6 Å². The van der Waals surface area contributed by atoms with Gasteiger partial charge in [-0.1, -0.05) is 67.5 Å². The highest BCUT2D eigenvalue weighted by molar-refractivity contribution is 9.10. The summed E-state index contributed by atoms with van der Waals surface area (Å²) in [6.45, 7) is 9.00. The molecule has 4 amide bonds. The predicted octanol–water partition coefficient (Wildman–Crippen LogP) is 7.73. The second-order valence-electron chi connectivity index (χ2n) is 14.3. The van der Waals surface area contributed by atoms with Crippen molar-refractivity contribution in [3.8, 4) is 0 Å². The molecule has 0 unspecified atom stereocenters. The zero-order chi connectivity index (χ0) is 41.4. The minimum Gasteiger partial charge on any atom is -0.326 e. The maximum absolute atomic E-state index is 12.9. The van der Waals surface area contributed by atoms with E-state index in [-0.39, 0.29) is 36.5 Å². The minimum absolute atomic E-state index is 0.0312. The number of nitrogens with one attached hydrogen (secondary N) is 6. The summed E-state index contributed by atoms with van der Waals surface area (Å²) in [4.78, 5) is 59.7. The number of carbonyl (C=O) groups is 4. The minimum atomic E-state index is -0.180. The van der Waals surface area contributed by atoms with Crippen molar-refractivity contribution < 1.29 is 19.2 Å². The van der Waals surface area contributed by atoms with Crippen LogP contribution in [0.3, 0.4) is 0 Å². The van der Waals surface area contributed by atoms with Gasteiger partial charge in [0.05, 0.1) is 11.4 Å². The molecule has 16 heteroatoms. The summed E-state index contributed by atoms with van der Waals surface area (Å²) in [6, 6.07) is 26.8. The Hall–Kier alpha value is -3.74. The molecule has 2 saturated heterocycles. The maximum Gasteiger partial charge on any atom is 0.225 e. The second-order valence-corrected chi connectivity index (χ2v) is 18.3. The van der Waals surface area contributed by atoms with Gasteiger partial charge in [-0.15, -0.1) is 0 Å². The summed E-state index contributed by atoms with van der Waals surface area (Å²) < 4.78 is 1.74. The normalized spacial score (nSPS) is 14.7. The third-order valence-electron chi connectivity index (χ3n) is 9.66. The first-order valence-electron chi connectivity index (χ1n) is 19.9. The van der Waals surface area contributed by atoms with E-state index in [0.717, 1.165) is 105 Å². The zero-order valence-corrected chi connectivity index (χ0v) is 37.6. The molecule has 6 rings (SSSR count). The number of amides is 4. The first kappa shape index (κ1) is 44.8. The number of hydrogen-bond donors (Lipinski definition) is 6. The number of piperazine rings is 2. The molecule has 6 N–H and O–H groups in total. The zero-order valence-electron chi connectivity index (χ0n) is 32.8. The smallest absolute Gasteiger partial charge is 0.225 e. The highest BCUT2D eigenvalue weighted by Gasteiger charge is 2.16. The number of nitrogens with zero attached hydrogens (tertiary/aromatic N) is 2. The molecule has 59 heavy (non-hydrogen) atoms. The molecule has 2 aliphatic heterocycles. The van der Waals surface area contributed by atoms with Crippen LogP contribution in [0.4, 0.5) is 22.7 Å². The van der Waals surface area contributed by atoms with Crippen molar-refractivity contribution in [3.05, 3.63) is 93.9 Å². The lowest BCUT2D eigenvalue weighted by molar-refractivity contribution is -0.118. The van der Waals surface area contributed by atoms with Gasteiger partial charge in [-0.25, -0.2) is 0 Å². The topological polar surface area (TPSA) is 147 Å². The number of carbonyl (C=O) groups excluding carboxylic acids is 4. The number of rotatable bonds is 18. The van der Waals surface area contributed by atoms with Gasteiger partial charge < -0.3 is 41.7 Å². The van der Waals surface area contributed by atoms with Crippen LogP contribution in [-0.2, 0) is 19.2 Å².